The van der Waals surface area contributed by atoms with Crippen LogP contribution in [0, 0.1) is 17.8 Å². The van der Waals surface area contributed by atoms with Gasteiger partial charge >= 0.3 is 0 Å². The Kier molecular flexibility index (Phi) is 32.7. The van der Waals surface area contributed by atoms with Gasteiger partial charge in [0.05, 0.1) is 6.26 Å². The zero-order valence-electron chi connectivity index (χ0n) is 43.4. The Labute approximate surface area is 412 Å². The number of aliphatic imine (C=N–C) groups is 1. The number of hydroxylamine groups is 1. The molecule has 5 aromatic heterocycles. The van der Waals surface area contributed by atoms with E-state index in [1.807, 2.05) is 83.1 Å². The highest BCUT2D eigenvalue weighted by atomic mass is 32.1. The van der Waals surface area contributed by atoms with Gasteiger partial charge in [0.1, 0.15) is 35.7 Å². The first-order valence-corrected chi connectivity index (χ1v) is 23.9. The summed E-state index contributed by atoms with van der Waals surface area (Å²) in [6.07, 6.45) is 3.93. The van der Waals surface area contributed by atoms with Gasteiger partial charge in [0.25, 0.3) is 16.7 Å². The van der Waals surface area contributed by atoms with Crippen LogP contribution in [0.2, 0.25) is 0 Å². The van der Waals surface area contributed by atoms with Crippen molar-refractivity contribution in [2.75, 3.05) is 14.1 Å². The molecule has 0 aromatic carbocycles. The highest BCUT2D eigenvalue weighted by Gasteiger charge is 2.12. The number of amidine groups is 1. The van der Waals surface area contributed by atoms with Crippen molar-refractivity contribution < 1.29 is 28.5 Å². The molecule has 23 heteroatoms. The molecule has 1 aliphatic rings. The first kappa shape index (κ1) is 64.7. The zero-order chi connectivity index (χ0) is 53.6. The molecule has 1 aliphatic heterocycles. The van der Waals surface area contributed by atoms with Crippen molar-refractivity contribution >= 4 is 40.9 Å². The van der Waals surface area contributed by atoms with E-state index in [1.54, 1.807) is 20.2 Å². The number of hydrogen-bond donors (Lipinski definition) is 8. The summed E-state index contributed by atoms with van der Waals surface area (Å²) in [7, 11) is 3.28. The molecule has 0 saturated heterocycles. The maximum Gasteiger partial charge on any atom is 0.281 e. The van der Waals surface area contributed by atoms with Crippen LogP contribution in [-0.2, 0) is 14.4 Å². The second-order valence-corrected chi connectivity index (χ2v) is 18.7. The summed E-state index contributed by atoms with van der Waals surface area (Å²) in [5.74, 6) is 4.95. The molecule has 6 rings (SSSR count). The maximum atomic E-state index is 11.1. The zero-order valence-corrected chi connectivity index (χ0v) is 45.1. The number of aromatic nitrogens is 7. The number of aromatic amines is 4. The average molecular weight is 1010 g/mol. The Balaban J connectivity index is 0. The van der Waals surface area contributed by atoms with Crippen LogP contribution >= 0.6 is 23.3 Å². The van der Waals surface area contributed by atoms with Crippen LogP contribution in [0.4, 0.5) is 0 Å². The Hall–Kier alpha value is -6.36. The molecule has 0 saturated carbocycles. The molecule has 0 fully saturated rings. The van der Waals surface area contributed by atoms with Crippen LogP contribution in [0.1, 0.15) is 168 Å². The Morgan fingerprint density at radius 2 is 1.30 bits per heavy atom. The third-order valence-corrected chi connectivity index (χ3v) is 10.1. The number of carbonyl (C=O) groups is 2. The molecule has 2 amide bonds. The predicted octanol–water partition coefficient (Wildman–Crippen LogP) is 7.83. The second kappa shape index (κ2) is 34.9. The summed E-state index contributed by atoms with van der Waals surface area (Å²) < 4.78 is 18.6. The third kappa shape index (κ3) is 28.5. The van der Waals surface area contributed by atoms with Gasteiger partial charge in [-0.2, -0.15) is 19.6 Å². The summed E-state index contributed by atoms with van der Waals surface area (Å²) in [5, 5.41) is 22.7. The Bertz CT molecular complexity index is 2360. The molecule has 5 aromatic rings. The van der Waals surface area contributed by atoms with Crippen molar-refractivity contribution in [3.05, 3.63) is 112 Å². The maximum absolute atomic E-state index is 11.1. The molecule has 0 atom stereocenters. The van der Waals surface area contributed by atoms with E-state index in [-0.39, 0.29) is 69.3 Å². The minimum atomic E-state index is -0.341. The van der Waals surface area contributed by atoms with Gasteiger partial charge in [-0.1, -0.05) is 122 Å². The monoisotopic (exact) mass is 1010 g/mol. The normalized spacial score (nSPS) is 11.1. The fraction of sp³-hybridized carbons (Fsp3) is 0.565. The first-order valence-electron chi connectivity index (χ1n) is 22.3. The summed E-state index contributed by atoms with van der Waals surface area (Å²) in [6, 6.07) is 3.11. The van der Waals surface area contributed by atoms with Crippen molar-refractivity contribution in [1.29, 1.82) is 0 Å². The lowest BCUT2D eigenvalue weighted by Crippen LogP contribution is -2.22. The number of carbonyl (C=O) groups excluding carboxylic acids is 2. The number of aromatic hydroxyl groups is 1. The van der Waals surface area contributed by atoms with Gasteiger partial charge in [-0.05, 0) is 18.4 Å². The van der Waals surface area contributed by atoms with Gasteiger partial charge in [-0.15, -0.1) is 0 Å². The molecule has 21 nitrogen and oxygen atoms in total. The van der Waals surface area contributed by atoms with Crippen LogP contribution in [-0.4, -0.2) is 70.3 Å². The molecule has 0 bridgehead atoms. The Morgan fingerprint density at radius 1 is 0.725 bits per heavy atom. The number of nitrogens with zero attached hydrogens (tertiary/aromatic N) is 4. The van der Waals surface area contributed by atoms with Gasteiger partial charge in [-0.3, -0.25) is 42.6 Å². The van der Waals surface area contributed by atoms with Gasteiger partial charge in [-0.25, -0.2) is 10.5 Å². The van der Waals surface area contributed by atoms with Gasteiger partial charge in [0, 0.05) is 83.9 Å². The van der Waals surface area contributed by atoms with Crippen LogP contribution in [0.3, 0.4) is 0 Å². The Morgan fingerprint density at radius 3 is 1.52 bits per heavy atom. The van der Waals surface area contributed by atoms with Crippen LogP contribution in [0.25, 0.3) is 0 Å². The fourth-order valence-corrected chi connectivity index (χ4v) is 5.48. The van der Waals surface area contributed by atoms with Crippen LogP contribution < -0.4 is 38.2 Å². The molecular weight excluding hydrogens is 931 g/mol. The summed E-state index contributed by atoms with van der Waals surface area (Å²) >= 11 is 2.53. The van der Waals surface area contributed by atoms with Gasteiger partial charge in [0.15, 0.2) is 5.75 Å². The second-order valence-electron chi connectivity index (χ2n) is 17.2. The van der Waals surface area contributed by atoms with Crippen molar-refractivity contribution in [2.45, 2.75) is 140 Å². The van der Waals surface area contributed by atoms with E-state index < -0.39 is 0 Å². The van der Waals surface area contributed by atoms with E-state index >= 15 is 0 Å². The largest absolute Gasteiger partial charge is 0.502 e. The predicted molar refractivity (Wildman–Crippen MR) is 274 cm³/mol. The number of H-pyrrole nitrogens is 4. The highest BCUT2D eigenvalue weighted by molar-refractivity contribution is 7.05. The van der Waals surface area contributed by atoms with Crippen LogP contribution in [0.5, 0.6) is 5.75 Å². The summed E-state index contributed by atoms with van der Waals surface area (Å²) in [5.41, 5.74) is 3.26. The topological polar surface area (TPSA) is 308 Å². The molecule has 8 N–H and O–H groups in total. The van der Waals surface area contributed by atoms with Gasteiger partial charge < -0.3 is 29.5 Å². The van der Waals surface area contributed by atoms with Crippen molar-refractivity contribution in [2.24, 2.45) is 22.7 Å². The molecular formula is C46H77N11O10S2. The fourth-order valence-electron chi connectivity index (χ4n) is 4.17. The summed E-state index contributed by atoms with van der Waals surface area (Å²) in [4.78, 5) is 77.5. The minimum absolute atomic E-state index is 0.0173. The van der Waals surface area contributed by atoms with E-state index in [2.05, 4.69) is 88.8 Å². The van der Waals surface area contributed by atoms with Crippen LogP contribution in [0.15, 0.2) is 76.6 Å². The summed E-state index contributed by atoms with van der Waals surface area (Å²) in [6.45, 7) is 34.9. The highest BCUT2D eigenvalue weighted by Crippen LogP contribution is 2.15. The van der Waals surface area contributed by atoms with Crippen molar-refractivity contribution in [3.63, 3.8) is 0 Å². The smallest absolute Gasteiger partial charge is 0.281 e. The number of hydrogen-bond acceptors (Lipinski definition) is 17. The lowest BCUT2D eigenvalue weighted by atomic mass is 10.1. The van der Waals surface area contributed by atoms with Crippen molar-refractivity contribution in [1.82, 2.24) is 49.6 Å². The SMILES string of the molecule is C=C1N=C(C(C)C)NO1.CC(C)c1cc(=O)[nH]o1.CC(C)c1cc(=O)[nH]s1.CC(C)c1cocc(O)c1=O.CC(C)c1ncn[nH]1.CC(C)c1ns[nH]c1=O.CNC(=O)C(C)C.CNC(=O)C(C)C. The quantitative estimate of drug-likeness (QED) is 0.0735. The third-order valence-electron chi connectivity index (χ3n) is 8.36. The first-order chi connectivity index (χ1) is 32.1. The van der Waals surface area contributed by atoms with E-state index in [4.69, 9.17) is 18.9 Å². The lowest BCUT2D eigenvalue weighted by Gasteiger charge is -2.01. The van der Waals surface area contributed by atoms with E-state index in [0.717, 1.165) is 34.5 Å². The number of rotatable bonds is 8. The number of amides is 2. The standard InChI is InChI=1S/C8H10O3.C6H10N2O.C6H9NO2.C6H9NOS.C5H9N3.C5H8N2OS.2C5H11NO/c1-5(2)6-3-11-4-7(9)8(6)10;1-4(2)6-7-5(3)9-8-6;2*1-4(2)5-3-6(8)7-9-5;1-4(2)5-6-3-7-8-5;1-3(2)4-5(8)7-9-6-4;2*1-4(2)5(7)6-3/h3-5,9H,1-2H3;4H,3H2,1-2H3,(H,7,8);2*3-4H,1-2H3,(H,7,8);3-4H,1-2H3,(H,6,7,8);3H,1-2H3,(H,7,8);2*4H,1-3H3,(H,6,7). The molecule has 0 radical (unpaired) electrons. The molecule has 0 aliphatic carbocycles. The number of nitrogens with one attached hydrogen (secondary N) is 7. The lowest BCUT2D eigenvalue weighted by molar-refractivity contribution is -0.124. The van der Waals surface area contributed by atoms with Crippen molar-refractivity contribution in [3.8, 4) is 5.75 Å². The molecule has 69 heavy (non-hydrogen) atoms. The molecule has 6 heterocycles. The van der Waals surface area contributed by atoms with Gasteiger partial charge in [0.2, 0.25) is 23.1 Å². The molecule has 388 valence electrons. The average Bonchev–Trinajstić information content (AvgIpc) is 4.15. The minimum Gasteiger partial charge on any atom is -0.502 e. The molecule has 0 spiro atoms. The van der Waals surface area contributed by atoms with E-state index in [0.29, 0.717) is 40.7 Å². The van der Waals surface area contributed by atoms with E-state index in [1.165, 1.54) is 30.2 Å². The van der Waals surface area contributed by atoms with E-state index in [9.17, 15) is 28.8 Å². The molecule has 0 unspecified atom stereocenters.